The molecule has 1 aromatic carbocycles. The van der Waals surface area contributed by atoms with Crippen molar-refractivity contribution < 1.29 is 13.6 Å². The second-order valence-electron chi connectivity index (χ2n) is 3.66. The quantitative estimate of drug-likeness (QED) is 0.883. The highest BCUT2D eigenvalue weighted by molar-refractivity contribution is 6.03. The van der Waals surface area contributed by atoms with Crippen LogP contribution in [0.1, 0.15) is 21.7 Å². The number of carbonyl (C=O) groups is 1. The van der Waals surface area contributed by atoms with E-state index in [2.05, 4.69) is 5.32 Å². The molecule has 5 heteroatoms. The number of nitrogens with one attached hydrogen (secondary N) is 1. The molecule has 0 radical (unpaired) electrons. The van der Waals surface area contributed by atoms with Gasteiger partial charge in [0.05, 0.1) is 12.0 Å². The molecule has 0 aliphatic carbocycles. The Balaban J connectivity index is 2.31. The van der Waals surface area contributed by atoms with Gasteiger partial charge in [-0.15, -0.1) is 0 Å². The second kappa shape index (κ2) is 4.72. The van der Waals surface area contributed by atoms with E-state index in [1.807, 2.05) is 0 Å². The Morgan fingerprint density at radius 2 is 2.22 bits per heavy atom. The zero-order valence-corrected chi connectivity index (χ0v) is 9.53. The third-order valence-corrected chi connectivity index (χ3v) is 2.44. The fraction of sp³-hybridized carbons (Fsp3) is 0.0769. The average Bonchev–Trinajstić information content (AvgIpc) is 2.76. The molecule has 0 fully saturated rings. The van der Waals surface area contributed by atoms with Gasteiger partial charge in [-0.05, 0) is 25.1 Å². The molecule has 0 atom stereocenters. The Bertz CT molecular complexity index is 641. The fourth-order valence-electron chi connectivity index (χ4n) is 1.53. The maximum atomic E-state index is 13.3. The predicted octanol–water partition coefficient (Wildman–Crippen LogP) is 2.85. The van der Waals surface area contributed by atoms with Crippen LogP contribution in [0.2, 0.25) is 0 Å². The molecule has 1 amide bonds. The largest absolute Gasteiger partial charge is 0.459 e. The van der Waals surface area contributed by atoms with Gasteiger partial charge in [0, 0.05) is 5.56 Å². The van der Waals surface area contributed by atoms with Crippen LogP contribution in [0, 0.1) is 24.1 Å². The number of nitriles is 1. The van der Waals surface area contributed by atoms with Crippen LogP contribution in [0.15, 0.2) is 34.9 Å². The van der Waals surface area contributed by atoms with Crippen LogP contribution in [0.5, 0.6) is 0 Å². The first-order chi connectivity index (χ1) is 8.63. The number of amides is 1. The van der Waals surface area contributed by atoms with Gasteiger partial charge in [-0.2, -0.15) is 5.26 Å². The van der Waals surface area contributed by atoms with E-state index in [1.165, 1.54) is 18.4 Å². The second-order valence-corrected chi connectivity index (χ2v) is 3.66. The first-order valence-corrected chi connectivity index (χ1v) is 5.17. The van der Waals surface area contributed by atoms with Crippen LogP contribution >= 0.6 is 0 Å². The summed E-state index contributed by atoms with van der Waals surface area (Å²) < 4.78 is 18.3. The number of nitrogens with zero attached hydrogens (tertiary/aromatic N) is 1. The number of benzene rings is 1. The minimum absolute atomic E-state index is 0.123. The number of anilines is 1. The summed E-state index contributed by atoms with van der Waals surface area (Å²) in [6.45, 7) is 1.72. The smallest absolute Gasteiger partial charge is 0.291 e. The summed E-state index contributed by atoms with van der Waals surface area (Å²) in [5.41, 5.74) is 0.593. The molecule has 0 saturated carbocycles. The van der Waals surface area contributed by atoms with Crippen molar-refractivity contribution in [3.05, 3.63) is 53.2 Å². The molecule has 18 heavy (non-hydrogen) atoms. The van der Waals surface area contributed by atoms with Crippen LogP contribution in [0.4, 0.5) is 10.1 Å². The molecule has 0 bridgehead atoms. The zero-order chi connectivity index (χ0) is 13.1. The predicted molar refractivity (Wildman–Crippen MR) is 62.5 cm³/mol. The van der Waals surface area contributed by atoms with Crippen LogP contribution in [-0.2, 0) is 0 Å². The maximum Gasteiger partial charge on any atom is 0.291 e. The van der Waals surface area contributed by atoms with E-state index in [4.69, 9.17) is 9.68 Å². The van der Waals surface area contributed by atoms with E-state index >= 15 is 0 Å². The molecule has 0 aliphatic heterocycles. The average molecular weight is 244 g/mol. The zero-order valence-electron chi connectivity index (χ0n) is 9.53. The summed E-state index contributed by atoms with van der Waals surface area (Å²) in [5, 5.41) is 11.3. The molecule has 2 aromatic rings. The summed E-state index contributed by atoms with van der Waals surface area (Å²) in [7, 11) is 0. The van der Waals surface area contributed by atoms with E-state index in [1.54, 1.807) is 19.1 Å². The lowest BCUT2D eigenvalue weighted by atomic mass is 10.1. The van der Waals surface area contributed by atoms with Gasteiger partial charge in [0.2, 0.25) is 0 Å². The van der Waals surface area contributed by atoms with Gasteiger partial charge < -0.3 is 9.73 Å². The molecule has 4 nitrogen and oxygen atoms in total. The van der Waals surface area contributed by atoms with Gasteiger partial charge in [0.25, 0.3) is 5.91 Å². The number of hydrogen-bond acceptors (Lipinski definition) is 3. The molecule has 0 aliphatic rings. The van der Waals surface area contributed by atoms with Gasteiger partial charge in [0.1, 0.15) is 17.4 Å². The van der Waals surface area contributed by atoms with E-state index in [-0.39, 0.29) is 17.0 Å². The molecular weight excluding hydrogens is 235 g/mol. The maximum absolute atomic E-state index is 13.3. The molecule has 1 N–H and O–H groups in total. The number of rotatable bonds is 2. The summed E-state index contributed by atoms with van der Waals surface area (Å²) in [5.74, 6) is -1.05. The number of carbonyl (C=O) groups excluding carboxylic acids is 1. The summed E-state index contributed by atoms with van der Waals surface area (Å²) >= 11 is 0. The van der Waals surface area contributed by atoms with Crippen LogP contribution < -0.4 is 5.32 Å². The van der Waals surface area contributed by atoms with Gasteiger partial charge in [0.15, 0.2) is 5.76 Å². The Hall–Kier alpha value is -2.61. The van der Waals surface area contributed by atoms with Crippen molar-refractivity contribution >= 4 is 11.6 Å². The Morgan fingerprint density at radius 3 is 2.83 bits per heavy atom. The first kappa shape index (κ1) is 11.9. The summed E-state index contributed by atoms with van der Waals surface area (Å²) in [6, 6.07) is 7.39. The monoisotopic (exact) mass is 244 g/mol. The number of hydrogen-bond donors (Lipinski definition) is 1. The van der Waals surface area contributed by atoms with Gasteiger partial charge >= 0.3 is 0 Å². The van der Waals surface area contributed by atoms with E-state index in [9.17, 15) is 9.18 Å². The molecule has 1 aromatic heterocycles. The van der Waals surface area contributed by atoms with E-state index in [0.717, 1.165) is 6.07 Å². The van der Waals surface area contributed by atoms with Crippen LogP contribution in [-0.4, -0.2) is 5.91 Å². The molecule has 90 valence electrons. The minimum atomic E-state index is -0.675. The Morgan fingerprint density at radius 1 is 1.44 bits per heavy atom. The normalized spacial score (nSPS) is 9.83. The molecular formula is C13H9FN2O2. The topological polar surface area (TPSA) is 66.0 Å². The molecule has 1 heterocycles. The number of furan rings is 1. The molecule has 2 rings (SSSR count). The van der Waals surface area contributed by atoms with Crippen molar-refractivity contribution in [2.24, 2.45) is 0 Å². The van der Waals surface area contributed by atoms with Gasteiger partial charge in [-0.3, -0.25) is 4.79 Å². The minimum Gasteiger partial charge on any atom is -0.459 e. The lowest BCUT2D eigenvalue weighted by Crippen LogP contribution is -2.13. The highest BCUT2D eigenvalue weighted by Crippen LogP contribution is 2.19. The molecule has 0 unspecified atom stereocenters. The van der Waals surface area contributed by atoms with E-state index < -0.39 is 11.7 Å². The Kier molecular flexibility index (Phi) is 3.11. The van der Waals surface area contributed by atoms with Gasteiger partial charge in [-0.25, -0.2) is 4.39 Å². The fourth-order valence-corrected chi connectivity index (χ4v) is 1.53. The molecule has 0 saturated heterocycles. The van der Waals surface area contributed by atoms with Crippen molar-refractivity contribution in [3.8, 4) is 6.07 Å². The summed E-state index contributed by atoms with van der Waals surface area (Å²) in [4.78, 5) is 11.8. The highest BCUT2D eigenvalue weighted by atomic mass is 19.1. The van der Waals surface area contributed by atoms with Crippen molar-refractivity contribution in [2.45, 2.75) is 6.92 Å². The lowest BCUT2D eigenvalue weighted by Gasteiger charge is -2.06. The SMILES string of the molecule is Cc1ccoc1C(=O)Nc1cccc(F)c1C#N. The standard InChI is InChI=1S/C13H9FN2O2/c1-8-5-6-18-12(8)13(17)16-11-4-2-3-10(14)9(11)7-15/h2-6H,1H3,(H,16,17). The highest BCUT2D eigenvalue weighted by Gasteiger charge is 2.15. The Labute approximate surface area is 103 Å². The van der Waals surface area contributed by atoms with Crippen molar-refractivity contribution in [1.82, 2.24) is 0 Å². The van der Waals surface area contributed by atoms with Gasteiger partial charge in [-0.1, -0.05) is 6.07 Å². The third kappa shape index (κ3) is 2.09. The van der Waals surface area contributed by atoms with Crippen LogP contribution in [0.25, 0.3) is 0 Å². The lowest BCUT2D eigenvalue weighted by molar-refractivity contribution is 0.0996. The number of aryl methyl sites for hydroxylation is 1. The van der Waals surface area contributed by atoms with Crippen molar-refractivity contribution in [2.75, 3.05) is 5.32 Å². The van der Waals surface area contributed by atoms with Crippen LogP contribution in [0.3, 0.4) is 0 Å². The third-order valence-electron chi connectivity index (χ3n) is 2.44. The van der Waals surface area contributed by atoms with E-state index in [0.29, 0.717) is 5.56 Å². The first-order valence-electron chi connectivity index (χ1n) is 5.17. The number of halogens is 1. The summed E-state index contributed by atoms with van der Waals surface area (Å²) in [6.07, 6.45) is 1.39. The molecule has 0 spiro atoms. The van der Waals surface area contributed by atoms with Crippen molar-refractivity contribution in [1.29, 1.82) is 5.26 Å². The van der Waals surface area contributed by atoms with Crippen molar-refractivity contribution in [3.63, 3.8) is 0 Å².